The number of rotatable bonds is 4. The van der Waals surface area contributed by atoms with Crippen LogP contribution < -0.4 is 4.90 Å². The van der Waals surface area contributed by atoms with Crippen molar-refractivity contribution in [3.63, 3.8) is 0 Å². The maximum absolute atomic E-state index is 12.6. The highest BCUT2D eigenvalue weighted by Gasteiger charge is 2.22. The third kappa shape index (κ3) is 3.22. The van der Waals surface area contributed by atoms with Crippen LogP contribution in [0.1, 0.15) is 25.6 Å². The van der Waals surface area contributed by atoms with Gasteiger partial charge in [-0.05, 0) is 38.1 Å². The summed E-state index contributed by atoms with van der Waals surface area (Å²) in [5.41, 5.74) is 0.260. The normalized spacial score (nSPS) is 11.1. The van der Waals surface area contributed by atoms with Gasteiger partial charge in [0.15, 0.2) is 0 Å². The molecule has 0 atom stereocenters. The number of hydrogen-bond acceptors (Lipinski definition) is 4. The molecule has 1 aromatic heterocycles. The Morgan fingerprint density at radius 3 is 2.48 bits per heavy atom. The van der Waals surface area contributed by atoms with Crippen LogP contribution in [0.4, 0.5) is 11.5 Å². The summed E-state index contributed by atoms with van der Waals surface area (Å²) in [6.45, 7) is 3.67. The smallest absolute Gasteiger partial charge is 0.269 e. The van der Waals surface area contributed by atoms with Crippen molar-refractivity contribution in [3.8, 4) is 0 Å². The second kappa shape index (κ2) is 6.13. The van der Waals surface area contributed by atoms with Crippen molar-refractivity contribution in [2.75, 3.05) is 4.90 Å². The predicted octanol–water partition coefficient (Wildman–Crippen LogP) is 3.05. The second-order valence-corrected chi connectivity index (χ2v) is 4.70. The van der Waals surface area contributed by atoms with Gasteiger partial charge in [-0.3, -0.25) is 19.8 Å². The largest absolute Gasteiger partial charge is 0.290 e. The molecular formula is C15H15N3O3. The SMILES string of the molecule is [2H]c1cccc(N(C(=O)c2ccc([N+](=O)[O-])cc2)C(C)C)n1. The molecule has 0 aliphatic carbocycles. The quantitative estimate of drug-likeness (QED) is 0.639. The van der Waals surface area contributed by atoms with Gasteiger partial charge in [-0.1, -0.05) is 6.07 Å². The van der Waals surface area contributed by atoms with Crippen LogP contribution in [0.2, 0.25) is 0 Å². The maximum Gasteiger partial charge on any atom is 0.269 e. The first-order valence-electron chi connectivity index (χ1n) is 6.92. The molecule has 2 rings (SSSR count). The molecular weight excluding hydrogens is 270 g/mol. The average Bonchev–Trinajstić information content (AvgIpc) is 2.47. The number of benzene rings is 1. The van der Waals surface area contributed by atoms with Gasteiger partial charge in [-0.15, -0.1) is 0 Å². The van der Waals surface area contributed by atoms with Crippen LogP contribution >= 0.6 is 0 Å². The number of hydrogen-bond donors (Lipinski definition) is 0. The van der Waals surface area contributed by atoms with Gasteiger partial charge in [0.05, 0.1) is 6.29 Å². The number of nitro groups is 1. The Bertz CT molecular complexity index is 701. The molecule has 0 aliphatic rings. The highest BCUT2D eigenvalue weighted by Crippen LogP contribution is 2.19. The Balaban J connectivity index is 2.36. The molecule has 0 bridgehead atoms. The molecule has 0 spiro atoms. The van der Waals surface area contributed by atoms with Crippen LogP contribution in [0.3, 0.4) is 0 Å². The van der Waals surface area contributed by atoms with Crippen LogP contribution in [-0.2, 0) is 0 Å². The van der Waals surface area contributed by atoms with E-state index in [0.29, 0.717) is 11.4 Å². The Labute approximate surface area is 123 Å². The van der Waals surface area contributed by atoms with Crippen molar-refractivity contribution in [2.45, 2.75) is 19.9 Å². The van der Waals surface area contributed by atoms with E-state index in [0.717, 1.165) is 0 Å². The molecule has 108 valence electrons. The molecule has 21 heavy (non-hydrogen) atoms. The van der Waals surface area contributed by atoms with Gasteiger partial charge in [-0.25, -0.2) is 4.98 Å². The number of anilines is 1. The summed E-state index contributed by atoms with van der Waals surface area (Å²) in [6.07, 6.45) is 0.0691. The number of carbonyl (C=O) groups excluding carboxylic acids is 1. The van der Waals surface area contributed by atoms with Crippen molar-refractivity contribution >= 4 is 17.4 Å². The monoisotopic (exact) mass is 286 g/mol. The number of nitrogens with zero attached hydrogens (tertiary/aromatic N) is 3. The van der Waals surface area contributed by atoms with E-state index in [2.05, 4.69) is 4.98 Å². The molecule has 1 heterocycles. The van der Waals surface area contributed by atoms with Gasteiger partial charge in [0, 0.05) is 29.9 Å². The Morgan fingerprint density at radius 1 is 1.29 bits per heavy atom. The molecule has 0 unspecified atom stereocenters. The number of pyridine rings is 1. The Hall–Kier alpha value is -2.76. The average molecular weight is 286 g/mol. The fourth-order valence-electron chi connectivity index (χ4n) is 1.92. The van der Waals surface area contributed by atoms with Crippen molar-refractivity contribution in [1.82, 2.24) is 4.98 Å². The Morgan fingerprint density at radius 2 is 1.95 bits per heavy atom. The van der Waals surface area contributed by atoms with Crippen LogP contribution in [-0.4, -0.2) is 21.9 Å². The second-order valence-electron chi connectivity index (χ2n) is 4.70. The number of nitro benzene ring substituents is 1. The predicted molar refractivity (Wildman–Crippen MR) is 79.3 cm³/mol. The van der Waals surface area contributed by atoms with E-state index < -0.39 is 4.92 Å². The van der Waals surface area contributed by atoms with E-state index in [1.807, 2.05) is 13.8 Å². The molecule has 0 saturated heterocycles. The van der Waals surface area contributed by atoms with Crippen LogP contribution in [0, 0.1) is 10.1 Å². The zero-order chi connectivity index (χ0) is 16.3. The minimum absolute atomic E-state index is 0.0691. The highest BCUT2D eigenvalue weighted by atomic mass is 16.6. The lowest BCUT2D eigenvalue weighted by molar-refractivity contribution is -0.384. The van der Waals surface area contributed by atoms with E-state index in [1.165, 1.54) is 35.2 Å². The summed E-state index contributed by atoms with van der Waals surface area (Å²) in [7, 11) is 0. The number of non-ortho nitro benzene ring substituents is 1. The maximum atomic E-state index is 12.6. The third-order valence-electron chi connectivity index (χ3n) is 2.90. The van der Waals surface area contributed by atoms with Gasteiger partial charge in [-0.2, -0.15) is 0 Å². The van der Waals surface area contributed by atoms with Gasteiger partial charge < -0.3 is 0 Å². The van der Waals surface area contributed by atoms with Gasteiger partial charge in [0.25, 0.3) is 11.6 Å². The summed E-state index contributed by atoms with van der Waals surface area (Å²) in [5.74, 6) is 0.0638. The first-order chi connectivity index (χ1) is 10.4. The minimum atomic E-state index is -0.514. The number of carbonyl (C=O) groups is 1. The molecule has 0 N–H and O–H groups in total. The van der Waals surface area contributed by atoms with Crippen molar-refractivity contribution in [2.24, 2.45) is 0 Å². The third-order valence-corrected chi connectivity index (χ3v) is 2.90. The Kier molecular flexibility index (Phi) is 3.86. The summed E-state index contributed by atoms with van der Waals surface area (Å²) < 4.78 is 7.57. The first-order valence-corrected chi connectivity index (χ1v) is 6.42. The summed E-state index contributed by atoms with van der Waals surface area (Å²) in [5, 5.41) is 10.7. The van der Waals surface area contributed by atoms with Crippen molar-refractivity contribution < 1.29 is 11.1 Å². The van der Waals surface area contributed by atoms with E-state index in [9.17, 15) is 14.9 Å². The van der Waals surface area contributed by atoms with Crippen LogP contribution in [0.25, 0.3) is 0 Å². The molecule has 6 heteroatoms. The van der Waals surface area contributed by atoms with Gasteiger partial charge in [0.2, 0.25) is 0 Å². The molecule has 2 aromatic rings. The lowest BCUT2D eigenvalue weighted by Gasteiger charge is -2.25. The molecule has 0 aliphatic heterocycles. The fraction of sp³-hybridized carbons (Fsp3) is 0.200. The van der Waals surface area contributed by atoms with E-state index in [1.54, 1.807) is 12.1 Å². The molecule has 0 radical (unpaired) electrons. The molecule has 1 aromatic carbocycles. The summed E-state index contributed by atoms with van der Waals surface area (Å²) in [4.78, 5) is 28.3. The van der Waals surface area contributed by atoms with Crippen molar-refractivity contribution in [1.29, 1.82) is 0 Å². The molecule has 1 amide bonds. The summed E-state index contributed by atoms with van der Waals surface area (Å²) >= 11 is 0. The van der Waals surface area contributed by atoms with E-state index >= 15 is 0 Å². The molecule has 6 nitrogen and oxygen atoms in total. The van der Waals surface area contributed by atoms with Gasteiger partial charge >= 0.3 is 0 Å². The zero-order valence-electron chi connectivity index (χ0n) is 12.7. The lowest BCUT2D eigenvalue weighted by Crippen LogP contribution is -2.37. The van der Waals surface area contributed by atoms with Gasteiger partial charge in [0.1, 0.15) is 5.82 Å². The number of amides is 1. The fourth-order valence-corrected chi connectivity index (χ4v) is 1.92. The standard InChI is InChI=1S/C15H15N3O3/c1-11(2)17(14-5-3-4-10-16-14)15(19)12-6-8-13(9-7-12)18(20)21/h3-11H,1-2H3/i10D. The van der Waals surface area contributed by atoms with Crippen LogP contribution in [0.15, 0.2) is 48.6 Å². The zero-order valence-corrected chi connectivity index (χ0v) is 11.7. The lowest BCUT2D eigenvalue weighted by atomic mass is 10.1. The van der Waals surface area contributed by atoms with Crippen LogP contribution in [0.5, 0.6) is 0 Å². The van der Waals surface area contributed by atoms with E-state index in [-0.39, 0.29) is 23.8 Å². The first kappa shape index (κ1) is 13.2. The highest BCUT2D eigenvalue weighted by molar-refractivity contribution is 6.06. The van der Waals surface area contributed by atoms with E-state index in [4.69, 9.17) is 1.37 Å². The molecule has 0 fully saturated rings. The summed E-state index contributed by atoms with van der Waals surface area (Å²) in [6, 6.07) is 10.1. The minimum Gasteiger partial charge on any atom is -0.290 e. The molecule has 0 saturated carbocycles. The topological polar surface area (TPSA) is 76.3 Å². The van der Waals surface area contributed by atoms with Crippen molar-refractivity contribution in [3.05, 3.63) is 64.3 Å². The number of aromatic nitrogens is 1.